The number of imidazole rings is 1. The van der Waals surface area contributed by atoms with Crippen LogP contribution in [0.3, 0.4) is 0 Å². The molecule has 21 heavy (non-hydrogen) atoms. The van der Waals surface area contributed by atoms with Crippen LogP contribution in [-0.2, 0) is 4.74 Å². The first-order valence-corrected chi connectivity index (χ1v) is 6.21. The molecule has 112 valence electrons. The Morgan fingerprint density at radius 2 is 2.14 bits per heavy atom. The van der Waals surface area contributed by atoms with Crippen LogP contribution in [-0.4, -0.2) is 54.0 Å². The van der Waals surface area contributed by atoms with Crippen LogP contribution in [0, 0.1) is 5.92 Å². The number of hydrogen-bond donors (Lipinski definition) is 3. The van der Waals surface area contributed by atoms with Crippen LogP contribution in [0.2, 0.25) is 0 Å². The molecular formula is C11H11F2N5O3. The summed E-state index contributed by atoms with van der Waals surface area (Å²) in [6.45, 7) is -0.873. The number of nitrogens with two attached hydrogens (primary N) is 1. The summed E-state index contributed by atoms with van der Waals surface area (Å²) >= 11 is 0. The number of fused-ring (bicyclic) bond motifs is 2. The molecule has 0 bridgehead atoms. The fraction of sp³-hybridized carbons (Fsp3) is 0.545. The summed E-state index contributed by atoms with van der Waals surface area (Å²) in [4.78, 5) is 11.7. The van der Waals surface area contributed by atoms with E-state index in [1.807, 2.05) is 0 Å². The predicted molar refractivity (Wildman–Crippen MR) is 64.1 cm³/mol. The van der Waals surface area contributed by atoms with E-state index in [1.54, 1.807) is 0 Å². The Morgan fingerprint density at radius 3 is 2.81 bits per heavy atom. The monoisotopic (exact) mass is 299 g/mol. The van der Waals surface area contributed by atoms with E-state index in [0.29, 0.717) is 5.52 Å². The quantitative estimate of drug-likeness (QED) is 0.670. The number of nitrogens with zero attached hydrogens (tertiary/aromatic N) is 4. The molecule has 2 aromatic heterocycles. The van der Waals surface area contributed by atoms with Crippen LogP contribution in [0.1, 0.15) is 6.23 Å². The lowest BCUT2D eigenvalue weighted by molar-refractivity contribution is -0.156. The third-order valence-corrected chi connectivity index (χ3v) is 4.23. The van der Waals surface area contributed by atoms with Crippen molar-refractivity contribution in [2.24, 2.45) is 5.92 Å². The number of nitrogen functional groups attached to an aromatic ring is 1. The zero-order valence-corrected chi connectivity index (χ0v) is 10.5. The predicted octanol–water partition coefficient (Wildman–Crippen LogP) is -0.706. The number of rotatable bonds is 2. The largest absolute Gasteiger partial charge is 0.393 e. The number of anilines is 1. The van der Waals surface area contributed by atoms with E-state index < -0.39 is 36.4 Å². The van der Waals surface area contributed by atoms with Crippen LogP contribution in [0.4, 0.5) is 14.6 Å². The number of halogens is 2. The van der Waals surface area contributed by atoms with Crippen molar-refractivity contribution >= 4 is 17.0 Å². The van der Waals surface area contributed by atoms with Crippen molar-refractivity contribution in [3.05, 3.63) is 12.7 Å². The fourth-order valence-corrected chi connectivity index (χ4v) is 3.07. The molecule has 1 aliphatic carbocycles. The molecule has 4 rings (SSSR count). The van der Waals surface area contributed by atoms with Crippen LogP contribution >= 0.6 is 0 Å². The minimum Gasteiger partial charge on any atom is -0.393 e. The molecule has 1 saturated heterocycles. The second-order valence-electron chi connectivity index (χ2n) is 5.23. The minimum absolute atomic E-state index is 0.138. The van der Waals surface area contributed by atoms with Gasteiger partial charge in [-0.05, 0) is 0 Å². The molecule has 3 heterocycles. The number of alkyl halides is 2. The summed E-state index contributed by atoms with van der Waals surface area (Å²) in [7, 11) is 0. The first-order chi connectivity index (χ1) is 9.94. The summed E-state index contributed by atoms with van der Waals surface area (Å²) in [6, 6.07) is 0. The SMILES string of the molecule is Nc1ncnc2c1ncn2[C@@H]1O[C@]2(CO)[C@H]([C@H]1O)C2(F)F. The second-order valence-corrected chi connectivity index (χ2v) is 5.23. The lowest BCUT2D eigenvalue weighted by Gasteiger charge is -2.23. The highest BCUT2D eigenvalue weighted by Crippen LogP contribution is 2.69. The minimum atomic E-state index is -3.25. The molecule has 0 radical (unpaired) electrons. The van der Waals surface area contributed by atoms with E-state index in [1.165, 1.54) is 17.2 Å². The molecule has 2 aromatic rings. The van der Waals surface area contributed by atoms with E-state index in [-0.39, 0.29) is 11.5 Å². The molecule has 8 nitrogen and oxygen atoms in total. The Bertz CT molecular complexity index is 738. The average molecular weight is 299 g/mol. The Kier molecular flexibility index (Phi) is 2.22. The molecular weight excluding hydrogens is 288 g/mol. The molecule has 10 heteroatoms. The van der Waals surface area contributed by atoms with Gasteiger partial charge in [0.1, 0.15) is 17.9 Å². The Morgan fingerprint density at radius 1 is 1.38 bits per heavy atom. The van der Waals surface area contributed by atoms with Gasteiger partial charge in [0.25, 0.3) is 5.92 Å². The molecule has 2 aliphatic rings. The van der Waals surface area contributed by atoms with Gasteiger partial charge in [0, 0.05) is 0 Å². The van der Waals surface area contributed by atoms with Crippen molar-refractivity contribution in [1.29, 1.82) is 0 Å². The van der Waals surface area contributed by atoms with Gasteiger partial charge in [-0.15, -0.1) is 0 Å². The van der Waals surface area contributed by atoms with E-state index in [4.69, 9.17) is 10.5 Å². The third kappa shape index (κ3) is 1.30. The Hall–Kier alpha value is -1.91. The van der Waals surface area contributed by atoms with Crippen LogP contribution in [0.25, 0.3) is 11.2 Å². The van der Waals surface area contributed by atoms with Crippen LogP contribution in [0.5, 0.6) is 0 Å². The van der Waals surface area contributed by atoms with Crippen molar-refractivity contribution in [3.63, 3.8) is 0 Å². The first kappa shape index (κ1) is 12.8. The summed E-state index contributed by atoms with van der Waals surface area (Å²) in [5, 5.41) is 19.3. The topological polar surface area (TPSA) is 119 Å². The van der Waals surface area contributed by atoms with Crippen molar-refractivity contribution in [1.82, 2.24) is 19.5 Å². The highest BCUT2D eigenvalue weighted by Gasteiger charge is 2.89. The molecule has 2 fully saturated rings. The summed E-state index contributed by atoms with van der Waals surface area (Å²) in [6.07, 6.45) is -0.104. The van der Waals surface area contributed by atoms with E-state index >= 15 is 0 Å². The number of hydrogen-bond acceptors (Lipinski definition) is 7. The van der Waals surface area contributed by atoms with Gasteiger partial charge >= 0.3 is 0 Å². The zero-order chi connectivity index (χ0) is 15.0. The van der Waals surface area contributed by atoms with Gasteiger partial charge in [-0.2, -0.15) is 0 Å². The number of aliphatic hydroxyl groups is 2. The number of aliphatic hydroxyl groups excluding tert-OH is 2. The maximum Gasteiger partial charge on any atom is 0.287 e. The molecule has 1 aliphatic heterocycles. The van der Waals surface area contributed by atoms with Gasteiger partial charge in [0.2, 0.25) is 0 Å². The van der Waals surface area contributed by atoms with Gasteiger partial charge in [0.15, 0.2) is 23.3 Å². The molecule has 0 aromatic carbocycles. The Balaban J connectivity index is 1.77. The number of ether oxygens (including phenoxy) is 1. The normalized spacial score (nSPS) is 36.9. The maximum atomic E-state index is 13.6. The van der Waals surface area contributed by atoms with E-state index in [9.17, 15) is 19.0 Å². The van der Waals surface area contributed by atoms with Crippen LogP contribution in [0.15, 0.2) is 12.7 Å². The third-order valence-electron chi connectivity index (χ3n) is 4.23. The fourth-order valence-electron chi connectivity index (χ4n) is 3.07. The van der Waals surface area contributed by atoms with Crippen molar-refractivity contribution < 1.29 is 23.7 Å². The van der Waals surface area contributed by atoms with Gasteiger partial charge < -0.3 is 20.7 Å². The maximum absolute atomic E-state index is 13.6. The van der Waals surface area contributed by atoms with Crippen LogP contribution < -0.4 is 5.73 Å². The van der Waals surface area contributed by atoms with Gasteiger partial charge in [-0.3, -0.25) is 4.57 Å². The van der Waals surface area contributed by atoms with E-state index in [0.717, 1.165) is 0 Å². The summed E-state index contributed by atoms with van der Waals surface area (Å²) in [5.41, 5.74) is 4.17. The lowest BCUT2D eigenvalue weighted by Crippen LogP contribution is -2.32. The van der Waals surface area contributed by atoms with Crippen molar-refractivity contribution in [2.75, 3.05) is 12.3 Å². The van der Waals surface area contributed by atoms with Gasteiger partial charge in [0.05, 0.1) is 18.9 Å². The smallest absolute Gasteiger partial charge is 0.287 e. The molecule has 0 unspecified atom stereocenters. The van der Waals surface area contributed by atoms with Crippen molar-refractivity contribution in [2.45, 2.75) is 23.9 Å². The lowest BCUT2D eigenvalue weighted by atomic mass is 10.2. The second kappa shape index (κ2) is 3.64. The van der Waals surface area contributed by atoms with Crippen molar-refractivity contribution in [3.8, 4) is 0 Å². The van der Waals surface area contributed by atoms with E-state index in [2.05, 4.69) is 15.0 Å². The highest BCUT2D eigenvalue weighted by molar-refractivity contribution is 5.81. The standard InChI is InChI=1S/C11H11F2N5O3/c12-11(13)6-5(20)9(21-10(6,11)1-19)18-3-17-4-7(14)15-2-16-8(4)18/h2-3,5-6,9,19-20H,1H2,(H2,14,15,16)/t5-,6+,9-,10-/m1/s1. The van der Waals surface area contributed by atoms with Gasteiger partial charge in [-0.25, -0.2) is 23.7 Å². The Labute approximate surface area is 116 Å². The molecule has 1 saturated carbocycles. The first-order valence-electron chi connectivity index (χ1n) is 6.21. The molecule has 4 atom stereocenters. The molecule has 0 amide bonds. The summed E-state index contributed by atoms with van der Waals surface area (Å²) < 4.78 is 33.8. The molecule has 4 N–H and O–H groups in total. The highest BCUT2D eigenvalue weighted by atomic mass is 19.3. The summed E-state index contributed by atoms with van der Waals surface area (Å²) in [5.74, 6) is -4.56. The molecule has 0 spiro atoms. The average Bonchev–Trinajstić information content (AvgIpc) is 2.79. The zero-order valence-electron chi connectivity index (χ0n) is 10.5. The number of aromatic nitrogens is 4. The van der Waals surface area contributed by atoms with Gasteiger partial charge in [-0.1, -0.05) is 0 Å².